The Labute approximate surface area is 104 Å². The number of anilines is 1. The number of rotatable bonds is 5. The minimum absolute atomic E-state index is 0.230. The summed E-state index contributed by atoms with van der Waals surface area (Å²) in [4.78, 5) is 22.7. The number of aromatic nitrogens is 3. The molecular weight excluding hydrogens is 232 g/mol. The molecule has 0 aliphatic heterocycles. The average Bonchev–Trinajstić information content (AvgIpc) is 2.92. The van der Waals surface area contributed by atoms with Crippen molar-refractivity contribution in [2.75, 3.05) is 12.0 Å². The first-order chi connectivity index (χ1) is 8.79. The zero-order valence-corrected chi connectivity index (χ0v) is 9.68. The summed E-state index contributed by atoms with van der Waals surface area (Å²) >= 11 is 0. The van der Waals surface area contributed by atoms with Crippen LogP contribution in [-0.4, -0.2) is 27.4 Å². The molecule has 0 spiro atoms. The number of hydrazine groups is 1. The van der Waals surface area contributed by atoms with Gasteiger partial charge in [0, 0.05) is 24.9 Å². The number of nitrogen functional groups attached to an aromatic ring is 1. The van der Waals surface area contributed by atoms with Crippen LogP contribution in [0.15, 0.2) is 30.7 Å². The third-order valence-corrected chi connectivity index (χ3v) is 2.36. The Hall–Kier alpha value is -2.41. The molecule has 7 nitrogen and oxygen atoms in total. The maximum absolute atomic E-state index is 11.8. The highest BCUT2D eigenvalue weighted by atomic mass is 16.1. The van der Waals surface area contributed by atoms with Crippen molar-refractivity contribution in [1.82, 2.24) is 20.3 Å². The quantitative estimate of drug-likeness (QED) is 0.441. The van der Waals surface area contributed by atoms with Gasteiger partial charge in [0.1, 0.15) is 11.5 Å². The summed E-state index contributed by atoms with van der Waals surface area (Å²) in [6, 6.07) is 5.03. The Bertz CT molecular complexity index is 510. The molecule has 18 heavy (non-hydrogen) atoms. The lowest BCUT2D eigenvalue weighted by Crippen LogP contribution is -2.27. The van der Waals surface area contributed by atoms with Crippen molar-refractivity contribution < 1.29 is 4.79 Å². The molecule has 0 fully saturated rings. The molecule has 0 unspecified atom stereocenters. The second-order valence-corrected chi connectivity index (χ2v) is 3.64. The molecular formula is C11H14N6O. The molecule has 0 aromatic carbocycles. The first-order valence-corrected chi connectivity index (χ1v) is 5.48. The predicted octanol–water partition coefficient (Wildman–Crippen LogP) is 0.0628. The summed E-state index contributed by atoms with van der Waals surface area (Å²) in [6.45, 7) is 0.517. The number of carbonyl (C=O) groups excluding carboxylic acids is 1. The molecule has 0 radical (unpaired) electrons. The number of aromatic amines is 1. The van der Waals surface area contributed by atoms with E-state index in [1.54, 1.807) is 30.7 Å². The Balaban J connectivity index is 1.87. The molecule has 0 saturated carbocycles. The van der Waals surface area contributed by atoms with Gasteiger partial charge in [-0.05, 0) is 12.1 Å². The maximum Gasteiger partial charge on any atom is 0.269 e. The number of H-pyrrole nitrogens is 1. The second-order valence-electron chi connectivity index (χ2n) is 3.64. The van der Waals surface area contributed by atoms with E-state index < -0.39 is 0 Å². The molecule has 0 bridgehead atoms. The molecule has 0 aliphatic carbocycles. The lowest BCUT2D eigenvalue weighted by atomic mass is 10.3. The van der Waals surface area contributed by atoms with E-state index >= 15 is 0 Å². The fourth-order valence-corrected chi connectivity index (χ4v) is 1.46. The highest BCUT2D eigenvalue weighted by Gasteiger charge is 2.07. The predicted molar refractivity (Wildman–Crippen MR) is 66.7 cm³/mol. The Morgan fingerprint density at radius 1 is 1.44 bits per heavy atom. The fraction of sp³-hybridized carbons (Fsp3) is 0.182. The molecule has 2 heterocycles. The highest BCUT2D eigenvalue weighted by Crippen LogP contribution is 2.02. The van der Waals surface area contributed by atoms with Crippen molar-refractivity contribution >= 4 is 11.7 Å². The standard InChI is InChI=1S/C11H14N6O/c12-17-10-3-1-2-9(16-10)11(18)14-5-4-8-6-13-7-15-8/h1-3,6-7H,4-5,12H2,(H,13,15)(H,14,18)(H,16,17). The highest BCUT2D eigenvalue weighted by molar-refractivity contribution is 5.92. The zero-order valence-electron chi connectivity index (χ0n) is 9.68. The summed E-state index contributed by atoms with van der Waals surface area (Å²) in [6.07, 6.45) is 4.03. The molecule has 94 valence electrons. The van der Waals surface area contributed by atoms with E-state index in [-0.39, 0.29) is 5.91 Å². The number of nitrogens with one attached hydrogen (secondary N) is 3. The topological polar surface area (TPSA) is 109 Å². The molecule has 2 rings (SSSR count). The van der Waals surface area contributed by atoms with Crippen LogP contribution in [0, 0.1) is 0 Å². The van der Waals surface area contributed by atoms with Crippen molar-refractivity contribution in [1.29, 1.82) is 0 Å². The molecule has 0 aliphatic rings. The number of nitrogens with two attached hydrogens (primary N) is 1. The van der Waals surface area contributed by atoms with Gasteiger partial charge in [-0.1, -0.05) is 6.07 Å². The SMILES string of the molecule is NNc1cccc(C(=O)NCCc2cnc[nH]2)n1. The molecule has 2 aromatic rings. The van der Waals surface area contributed by atoms with E-state index in [0.717, 1.165) is 5.69 Å². The number of nitrogens with zero attached hydrogens (tertiary/aromatic N) is 2. The zero-order chi connectivity index (χ0) is 12.8. The van der Waals surface area contributed by atoms with Gasteiger partial charge in [-0.2, -0.15) is 0 Å². The lowest BCUT2D eigenvalue weighted by Gasteiger charge is -2.05. The van der Waals surface area contributed by atoms with E-state index in [2.05, 4.69) is 25.7 Å². The number of hydrogen-bond donors (Lipinski definition) is 4. The Kier molecular flexibility index (Phi) is 3.87. The third-order valence-electron chi connectivity index (χ3n) is 2.36. The van der Waals surface area contributed by atoms with Gasteiger partial charge < -0.3 is 15.7 Å². The lowest BCUT2D eigenvalue weighted by molar-refractivity contribution is 0.0949. The van der Waals surface area contributed by atoms with Crippen LogP contribution >= 0.6 is 0 Å². The first-order valence-electron chi connectivity index (χ1n) is 5.48. The molecule has 0 saturated heterocycles. The van der Waals surface area contributed by atoms with Crippen LogP contribution < -0.4 is 16.6 Å². The van der Waals surface area contributed by atoms with Gasteiger partial charge in [0.25, 0.3) is 5.91 Å². The summed E-state index contributed by atoms with van der Waals surface area (Å²) in [5.41, 5.74) is 3.70. The van der Waals surface area contributed by atoms with Crippen molar-refractivity contribution in [2.45, 2.75) is 6.42 Å². The van der Waals surface area contributed by atoms with Crippen molar-refractivity contribution in [2.24, 2.45) is 5.84 Å². The molecule has 1 amide bonds. The van der Waals surface area contributed by atoms with Crippen molar-refractivity contribution in [3.05, 3.63) is 42.1 Å². The summed E-state index contributed by atoms with van der Waals surface area (Å²) in [7, 11) is 0. The van der Waals surface area contributed by atoms with E-state index in [0.29, 0.717) is 24.5 Å². The minimum atomic E-state index is -0.230. The summed E-state index contributed by atoms with van der Waals surface area (Å²) < 4.78 is 0. The normalized spacial score (nSPS) is 10.1. The first kappa shape index (κ1) is 12.1. The Morgan fingerprint density at radius 2 is 2.33 bits per heavy atom. The van der Waals surface area contributed by atoms with Crippen molar-refractivity contribution in [3.63, 3.8) is 0 Å². The molecule has 5 N–H and O–H groups in total. The number of hydrogen-bond acceptors (Lipinski definition) is 5. The largest absolute Gasteiger partial charge is 0.350 e. The van der Waals surface area contributed by atoms with Crippen LogP contribution in [0.5, 0.6) is 0 Å². The number of imidazole rings is 1. The van der Waals surface area contributed by atoms with Gasteiger partial charge in [0.2, 0.25) is 0 Å². The van der Waals surface area contributed by atoms with Gasteiger partial charge in [-0.3, -0.25) is 4.79 Å². The van der Waals surface area contributed by atoms with E-state index in [1.165, 1.54) is 0 Å². The monoisotopic (exact) mass is 246 g/mol. The molecule has 7 heteroatoms. The van der Waals surface area contributed by atoms with Gasteiger partial charge in [-0.15, -0.1) is 0 Å². The van der Waals surface area contributed by atoms with Crippen LogP contribution in [-0.2, 0) is 6.42 Å². The Morgan fingerprint density at radius 3 is 3.06 bits per heavy atom. The van der Waals surface area contributed by atoms with Crippen LogP contribution in [0.3, 0.4) is 0 Å². The van der Waals surface area contributed by atoms with E-state index in [4.69, 9.17) is 5.84 Å². The van der Waals surface area contributed by atoms with Crippen LogP contribution in [0.4, 0.5) is 5.82 Å². The smallest absolute Gasteiger partial charge is 0.269 e. The number of pyridine rings is 1. The van der Waals surface area contributed by atoms with E-state index in [1.807, 2.05) is 0 Å². The van der Waals surface area contributed by atoms with Crippen LogP contribution in [0.25, 0.3) is 0 Å². The van der Waals surface area contributed by atoms with E-state index in [9.17, 15) is 4.79 Å². The van der Waals surface area contributed by atoms with Gasteiger partial charge in [-0.25, -0.2) is 15.8 Å². The van der Waals surface area contributed by atoms with Gasteiger partial charge >= 0.3 is 0 Å². The third kappa shape index (κ3) is 3.05. The van der Waals surface area contributed by atoms with Gasteiger partial charge in [0.15, 0.2) is 0 Å². The average molecular weight is 246 g/mol. The van der Waals surface area contributed by atoms with Crippen LogP contribution in [0.1, 0.15) is 16.2 Å². The number of carbonyl (C=O) groups is 1. The maximum atomic E-state index is 11.8. The summed E-state index contributed by atoms with van der Waals surface area (Å²) in [5.74, 6) is 5.45. The fourth-order valence-electron chi connectivity index (χ4n) is 1.46. The minimum Gasteiger partial charge on any atom is -0.350 e. The molecule has 2 aromatic heterocycles. The molecule has 0 atom stereocenters. The van der Waals surface area contributed by atoms with Gasteiger partial charge in [0.05, 0.1) is 6.33 Å². The number of amides is 1. The second kappa shape index (κ2) is 5.78. The summed E-state index contributed by atoms with van der Waals surface area (Å²) in [5, 5.41) is 2.77. The van der Waals surface area contributed by atoms with Crippen LogP contribution in [0.2, 0.25) is 0 Å². The van der Waals surface area contributed by atoms with Crippen molar-refractivity contribution in [3.8, 4) is 0 Å².